The zero-order valence-corrected chi connectivity index (χ0v) is 18.2. The third-order valence-electron chi connectivity index (χ3n) is 5.26. The van der Waals surface area contributed by atoms with E-state index < -0.39 is 0 Å². The summed E-state index contributed by atoms with van der Waals surface area (Å²) in [6.45, 7) is 9.80. The molecule has 7 heteroatoms. The summed E-state index contributed by atoms with van der Waals surface area (Å²) in [7, 11) is 0. The second-order valence-corrected chi connectivity index (χ2v) is 7.24. The minimum Gasteiger partial charge on any atom is -0.490 e. The molecule has 2 aromatic rings. The Morgan fingerprint density at radius 3 is 2.23 bits per heavy atom. The van der Waals surface area contributed by atoms with Crippen molar-refractivity contribution in [2.45, 2.75) is 39.7 Å². The maximum atomic E-state index is 13.0. The molecule has 30 heavy (non-hydrogen) atoms. The quantitative estimate of drug-likeness (QED) is 0.588. The van der Waals surface area contributed by atoms with Crippen LogP contribution < -0.4 is 24.4 Å². The highest BCUT2D eigenvalue weighted by Crippen LogP contribution is 2.39. The van der Waals surface area contributed by atoms with Gasteiger partial charge in [-0.15, -0.1) is 0 Å². The number of nitrogens with one attached hydrogen (secondary N) is 2. The first-order chi connectivity index (χ1) is 14.7. The number of likely N-dealkylation sites (tertiary alicyclic amines) is 1. The van der Waals surface area contributed by atoms with Gasteiger partial charge in [0, 0.05) is 18.4 Å². The molecule has 0 bridgehead atoms. The van der Waals surface area contributed by atoms with E-state index in [1.807, 2.05) is 32.9 Å². The second kappa shape index (κ2) is 10.9. The van der Waals surface area contributed by atoms with E-state index in [1.54, 1.807) is 18.4 Å². The van der Waals surface area contributed by atoms with Gasteiger partial charge in [-0.2, -0.15) is 0 Å². The first-order valence-corrected chi connectivity index (χ1v) is 10.9. The minimum absolute atomic E-state index is 0.104. The SMILES string of the molecule is CCOc1cc(C(=O)NC[C@H](c2ccco2)[NH+]2CCCC2)cc(OCC)c1OCC. The number of carbonyl (C=O) groups is 1. The number of rotatable bonds is 11. The molecule has 0 saturated carbocycles. The van der Waals surface area contributed by atoms with E-state index in [0.29, 0.717) is 49.2 Å². The molecule has 0 spiro atoms. The Hall–Kier alpha value is -2.67. The van der Waals surface area contributed by atoms with Gasteiger partial charge in [-0.25, -0.2) is 0 Å². The smallest absolute Gasteiger partial charge is 0.251 e. The topological polar surface area (TPSA) is 74.4 Å². The Bertz CT molecular complexity index is 773. The number of furan rings is 1. The number of carbonyl (C=O) groups excluding carboxylic acids is 1. The molecule has 0 unspecified atom stereocenters. The van der Waals surface area contributed by atoms with Crippen LogP contribution in [0.15, 0.2) is 34.9 Å². The van der Waals surface area contributed by atoms with Crippen LogP contribution in [0.25, 0.3) is 0 Å². The molecular formula is C23H33N2O5+. The highest BCUT2D eigenvalue weighted by Gasteiger charge is 2.30. The average Bonchev–Trinajstić information content (AvgIpc) is 3.45. The van der Waals surface area contributed by atoms with Gasteiger partial charge in [0.15, 0.2) is 23.3 Å². The zero-order valence-electron chi connectivity index (χ0n) is 18.2. The van der Waals surface area contributed by atoms with Crippen LogP contribution in [0.5, 0.6) is 17.2 Å². The van der Waals surface area contributed by atoms with Crippen molar-refractivity contribution in [3.05, 3.63) is 41.9 Å². The standard InChI is InChI=1S/C23H32N2O5/c1-4-27-20-14-17(15-21(28-5-2)22(20)29-6-3)23(26)24-16-18(19-10-9-13-30-19)25-11-7-8-12-25/h9-10,13-15,18H,4-8,11-12,16H2,1-3H3,(H,24,26)/p+1/t18-/m1/s1. The van der Waals surface area contributed by atoms with Gasteiger partial charge in [-0.05, 0) is 45.0 Å². The van der Waals surface area contributed by atoms with Gasteiger partial charge in [0.1, 0.15) is 0 Å². The Morgan fingerprint density at radius 2 is 1.70 bits per heavy atom. The molecule has 3 rings (SSSR count). The lowest BCUT2D eigenvalue weighted by molar-refractivity contribution is -0.919. The van der Waals surface area contributed by atoms with Crippen molar-refractivity contribution in [3.63, 3.8) is 0 Å². The third-order valence-corrected chi connectivity index (χ3v) is 5.26. The molecule has 1 fully saturated rings. The van der Waals surface area contributed by atoms with E-state index in [4.69, 9.17) is 18.6 Å². The molecule has 2 N–H and O–H groups in total. The van der Waals surface area contributed by atoms with E-state index in [-0.39, 0.29) is 11.9 Å². The average molecular weight is 418 g/mol. The summed E-state index contributed by atoms with van der Waals surface area (Å²) >= 11 is 0. The van der Waals surface area contributed by atoms with E-state index in [1.165, 1.54) is 17.7 Å². The highest BCUT2D eigenvalue weighted by atomic mass is 16.5. The predicted octanol–water partition coefficient (Wildman–Crippen LogP) is 2.63. The number of quaternary nitrogens is 1. The predicted molar refractivity (Wildman–Crippen MR) is 114 cm³/mol. The van der Waals surface area contributed by atoms with Gasteiger partial charge < -0.3 is 28.8 Å². The Kier molecular flexibility index (Phi) is 8.02. The monoisotopic (exact) mass is 417 g/mol. The molecule has 0 radical (unpaired) electrons. The van der Waals surface area contributed by atoms with Crippen molar-refractivity contribution in [2.75, 3.05) is 39.5 Å². The minimum atomic E-state index is -0.171. The van der Waals surface area contributed by atoms with Crippen LogP contribution in [0.1, 0.15) is 55.8 Å². The first kappa shape index (κ1) is 22.0. The largest absolute Gasteiger partial charge is 0.490 e. The summed E-state index contributed by atoms with van der Waals surface area (Å²) in [6, 6.07) is 7.43. The van der Waals surface area contributed by atoms with Crippen LogP contribution in [-0.2, 0) is 0 Å². The van der Waals surface area contributed by atoms with E-state index >= 15 is 0 Å². The lowest BCUT2D eigenvalue weighted by Crippen LogP contribution is -3.11. The van der Waals surface area contributed by atoms with Crippen molar-refractivity contribution >= 4 is 5.91 Å². The van der Waals surface area contributed by atoms with Gasteiger partial charge in [-0.3, -0.25) is 4.79 Å². The molecule has 164 valence electrons. The van der Waals surface area contributed by atoms with Gasteiger partial charge in [-0.1, -0.05) is 0 Å². The van der Waals surface area contributed by atoms with Crippen molar-refractivity contribution in [1.82, 2.24) is 5.32 Å². The Labute approximate surface area is 178 Å². The Balaban J connectivity index is 1.79. The highest BCUT2D eigenvalue weighted by molar-refractivity contribution is 5.95. The molecular weight excluding hydrogens is 384 g/mol. The lowest BCUT2D eigenvalue weighted by Gasteiger charge is -2.23. The molecule has 1 aromatic carbocycles. The summed E-state index contributed by atoms with van der Waals surface area (Å²) in [5, 5.41) is 3.08. The van der Waals surface area contributed by atoms with Crippen molar-refractivity contribution < 1.29 is 28.3 Å². The molecule has 2 heterocycles. The van der Waals surface area contributed by atoms with Gasteiger partial charge in [0.25, 0.3) is 5.91 Å². The first-order valence-electron chi connectivity index (χ1n) is 10.9. The summed E-state index contributed by atoms with van der Waals surface area (Å²) in [5.41, 5.74) is 0.486. The van der Waals surface area contributed by atoms with Crippen LogP contribution in [0.2, 0.25) is 0 Å². The maximum Gasteiger partial charge on any atom is 0.251 e. The van der Waals surface area contributed by atoms with Gasteiger partial charge in [0.2, 0.25) is 5.75 Å². The van der Waals surface area contributed by atoms with Crippen LogP contribution in [0.3, 0.4) is 0 Å². The Morgan fingerprint density at radius 1 is 1.07 bits per heavy atom. The third kappa shape index (κ3) is 5.27. The number of hydrogen-bond acceptors (Lipinski definition) is 5. The van der Waals surface area contributed by atoms with Gasteiger partial charge in [0.05, 0.1) is 45.7 Å². The molecule has 1 aromatic heterocycles. The van der Waals surface area contributed by atoms with E-state index in [0.717, 1.165) is 18.8 Å². The van der Waals surface area contributed by atoms with Crippen LogP contribution in [0.4, 0.5) is 0 Å². The van der Waals surface area contributed by atoms with Crippen LogP contribution in [-0.4, -0.2) is 45.4 Å². The fraction of sp³-hybridized carbons (Fsp3) is 0.522. The number of ether oxygens (including phenoxy) is 3. The summed E-state index contributed by atoms with van der Waals surface area (Å²) in [5.74, 6) is 2.30. The molecule has 7 nitrogen and oxygen atoms in total. The van der Waals surface area contributed by atoms with Gasteiger partial charge >= 0.3 is 0 Å². The molecule has 1 aliphatic rings. The summed E-state index contributed by atoms with van der Waals surface area (Å²) in [6.07, 6.45) is 4.10. The van der Waals surface area contributed by atoms with E-state index in [2.05, 4.69) is 5.32 Å². The molecule has 1 aliphatic heterocycles. The van der Waals surface area contributed by atoms with Crippen LogP contribution in [0, 0.1) is 0 Å². The van der Waals surface area contributed by atoms with Crippen molar-refractivity contribution in [3.8, 4) is 17.2 Å². The number of hydrogen-bond donors (Lipinski definition) is 2. The fourth-order valence-electron chi connectivity index (χ4n) is 3.93. The summed E-state index contributed by atoms with van der Waals surface area (Å²) in [4.78, 5) is 14.5. The summed E-state index contributed by atoms with van der Waals surface area (Å²) < 4.78 is 22.8. The molecule has 1 atom stereocenters. The van der Waals surface area contributed by atoms with Crippen LogP contribution >= 0.6 is 0 Å². The molecule has 1 amide bonds. The number of amides is 1. The van der Waals surface area contributed by atoms with Crippen molar-refractivity contribution in [2.24, 2.45) is 0 Å². The lowest BCUT2D eigenvalue weighted by atomic mass is 10.1. The van der Waals surface area contributed by atoms with Crippen molar-refractivity contribution in [1.29, 1.82) is 0 Å². The normalized spacial score (nSPS) is 15.0. The number of benzene rings is 1. The second-order valence-electron chi connectivity index (χ2n) is 7.24. The fourth-order valence-corrected chi connectivity index (χ4v) is 3.93. The maximum absolute atomic E-state index is 13.0. The van der Waals surface area contributed by atoms with E-state index in [9.17, 15) is 4.79 Å². The molecule has 1 saturated heterocycles. The zero-order chi connectivity index (χ0) is 21.3. The molecule has 0 aliphatic carbocycles.